The molecule has 0 bridgehead atoms. The molecule has 0 saturated carbocycles. The molecule has 0 radical (unpaired) electrons. The molecular weight excluding hydrogens is 464 g/mol. The molecule has 3 N–H and O–H groups in total. The number of carbonyl (C=O) groups is 1. The van der Waals surface area contributed by atoms with E-state index in [4.69, 9.17) is 9.47 Å². The normalized spacial score (nSPS) is 21.9. The van der Waals surface area contributed by atoms with Crippen LogP contribution < -0.4 is 0 Å². The van der Waals surface area contributed by atoms with Crippen LogP contribution in [0.15, 0.2) is 12.7 Å². The molecule has 0 unspecified atom stereocenters. The van der Waals surface area contributed by atoms with E-state index in [1.54, 1.807) is 0 Å². The van der Waals surface area contributed by atoms with Gasteiger partial charge in [0.15, 0.2) is 17.4 Å². The Morgan fingerprint density at radius 1 is 0.917 bits per heavy atom. The molecule has 1 fully saturated rings. The first-order valence-corrected chi connectivity index (χ1v) is 13.6. The van der Waals surface area contributed by atoms with Crippen LogP contribution in [0.1, 0.15) is 103 Å². The van der Waals surface area contributed by atoms with Crippen molar-refractivity contribution >= 4 is 17.1 Å². The van der Waals surface area contributed by atoms with Gasteiger partial charge in [0.25, 0.3) is 0 Å². The Balaban J connectivity index is 1.26. The van der Waals surface area contributed by atoms with Gasteiger partial charge in [-0.3, -0.25) is 9.36 Å². The Hall–Kier alpha value is -2.30. The van der Waals surface area contributed by atoms with E-state index in [0.717, 1.165) is 19.3 Å². The van der Waals surface area contributed by atoms with Crippen LogP contribution in [0, 0.1) is 0 Å². The average Bonchev–Trinajstić information content (AvgIpc) is 3.42. The van der Waals surface area contributed by atoms with Crippen molar-refractivity contribution in [3.8, 4) is 5.88 Å². The van der Waals surface area contributed by atoms with Gasteiger partial charge >= 0.3 is 5.97 Å². The largest absolute Gasteiger partial charge is 0.492 e. The van der Waals surface area contributed by atoms with E-state index in [1.165, 1.54) is 81.4 Å². The number of ether oxygens (including phenoxy) is 2. The summed E-state index contributed by atoms with van der Waals surface area (Å²) in [5.74, 6) is -0.622. The Bertz CT molecular complexity index is 923. The molecule has 1 saturated heterocycles. The Kier molecular flexibility index (Phi) is 11.8. The van der Waals surface area contributed by atoms with Crippen molar-refractivity contribution in [3.63, 3.8) is 0 Å². The number of aromatic nitrogens is 4. The van der Waals surface area contributed by atoms with Crippen LogP contribution in [-0.4, -0.2) is 65.7 Å². The van der Waals surface area contributed by atoms with E-state index in [1.807, 2.05) is 0 Å². The topological polar surface area (TPSA) is 140 Å². The number of fused-ring (bicyclic) bond motifs is 1. The molecule has 10 nitrogen and oxygen atoms in total. The summed E-state index contributed by atoms with van der Waals surface area (Å²) in [6, 6.07) is 0. The number of hydrogen-bond donors (Lipinski definition) is 3. The standard InChI is InChI=1S/C26H42N4O6/c1-2-3-4-5-6-7-8-9-10-11-12-13-14-15-20(31)35-16-19-22(32)23(33)26(36-19)30-18-29-21-24(30)27-17-28-25(21)34/h17-19,22-23,26,32-33H,2-16H2,1H3,(H,27,28,34)/t19-,22-,23-,26-/m1/s1. The van der Waals surface area contributed by atoms with Crippen LogP contribution >= 0.6 is 0 Å². The van der Waals surface area contributed by atoms with Crippen LogP contribution in [0.3, 0.4) is 0 Å². The van der Waals surface area contributed by atoms with E-state index in [-0.39, 0.29) is 29.6 Å². The Morgan fingerprint density at radius 3 is 2.17 bits per heavy atom. The molecule has 2 aromatic heterocycles. The van der Waals surface area contributed by atoms with Gasteiger partial charge in [-0.2, -0.15) is 4.98 Å². The number of nitrogens with zero attached hydrogens (tertiary/aromatic N) is 4. The minimum Gasteiger partial charge on any atom is -0.492 e. The maximum atomic E-state index is 12.1. The smallest absolute Gasteiger partial charge is 0.305 e. The van der Waals surface area contributed by atoms with Crippen molar-refractivity contribution in [2.24, 2.45) is 0 Å². The molecule has 4 atom stereocenters. The highest BCUT2D eigenvalue weighted by Gasteiger charge is 2.45. The highest BCUT2D eigenvalue weighted by Crippen LogP contribution is 2.32. The fourth-order valence-electron chi connectivity index (χ4n) is 4.66. The molecule has 0 aliphatic carbocycles. The third-order valence-electron chi connectivity index (χ3n) is 6.84. The number of rotatable bonds is 17. The fourth-order valence-corrected chi connectivity index (χ4v) is 4.66. The fraction of sp³-hybridized carbons (Fsp3) is 0.769. The summed E-state index contributed by atoms with van der Waals surface area (Å²) in [4.78, 5) is 23.9. The second kappa shape index (κ2) is 15.1. The number of aromatic hydroxyl groups is 1. The number of imidazole rings is 1. The summed E-state index contributed by atoms with van der Waals surface area (Å²) in [5, 5.41) is 30.6. The van der Waals surface area contributed by atoms with Gasteiger partial charge in [-0.1, -0.05) is 84.0 Å². The minimum atomic E-state index is -1.27. The second-order valence-corrected chi connectivity index (χ2v) is 9.74. The number of unbranched alkanes of at least 4 members (excludes halogenated alkanes) is 12. The summed E-state index contributed by atoms with van der Waals surface area (Å²) in [6.45, 7) is 2.09. The summed E-state index contributed by atoms with van der Waals surface area (Å²) < 4.78 is 12.5. The van der Waals surface area contributed by atoms with Gasteiger partial charge in [-0.25, -0.2) is 9.97 Å². The molecule has 3 heterocycles. The van der Waals surface area contributed by atoms with Crippen LogP contribution in [0.4, 0.5) is 0 Å². The summed E-state index contributed by atoms with van der Waals surface area (Å²) >= 11 is 0. The Labute approximate surface area is 213 Å². The molecule has 10 heteroatoms. The lowest BCUT2D eigenvalue weighted by Crippen LogP contribution is -2.34. The van der Waals surface area contributed by atoms with E-state index >= 15 is 0 Å². The first kappa shape index (κ1) is 28.3. The zero-order chi connectivity index (χ0) is 25.8. The zero-order valence-corrected chi connectivity index (χ0v) is 21.4. The maximum absolute atomic E-state index is 12.1. The average molecular weight is 507 g/mol. The van der Waals surface area contributed by atoms with Crippen molar-refractivity contribution < 1.29 is 29.6 Å². The van der Waals surface area contributed by atoms with Crippen molar-refractivity contribution in [1.29, 1.82) is 0 Å². The monoisotopic (exact) mass is 506 g/mol. The predicted molar refractivity (Wildman–Crippen MR) is 134 cm³/mol. The molecule has 0 amide bonds. The molecule has 36 heavy (non-hydrogen) atoms. The number of carbonyl (C=O) groups excluding carboxylic acids is 1. The van der Waals surface area contributed by atoms with Gasteiger partial charge in [0.2, 0.25) is 5.88 Å². The minimum absolute atomic E-state index is 0.154. The third kappa shape index (κ3) is 8.11. The molecule has 1 aliphatic rings. The number of aliphatic hydroxyl groups is 2. The molecule has 0 aromatic carbocycles. The summed E-state index contributed by atoms with van der Waals surface area (Å²) in [5.41, 5.74) is 0.425. The molecule has 0 spiro atoms. The second-order valence-electron chi connectivity index (χ2n) is 9.74. The lowest BCUT2D eigenvalue weighted by atomic mass is 10.0. The van der Waals surface area contributed by atoms with E-state index < -0.39 is 24.5 Å². The quantitative estimate of drug-likeness (QED) is 0.213. The van der Waals surface area contributed by atoms with Crippen LogP contribution in [0.5, 0.6) is 5.88 Å². The number of aliphatic hydroxyl groups excluding tert-OH is 2. The SMILES string of the molecule is CCCCCCCCCCCCCCCC(=O)OC[C@H]1O[C@@H](n2cnc3c(O)ncnc32)[C@H](O)[C@@H]1O. The van der Waals surface area contributed by atoms with Crippen LogP contribution in [-0.2, 0) is 14.3 Å². The van der Waals surface area contributed by atoms with Gasteiger partial charge in [-0.05, 0) is 6.42 Å². The predicted octanol–water partition coefficient (Wildman–Crippen LogP) is 4.18. The summed E-state index contributed by atoms with van der Waals surface area (Å²) in [6.07, 6.45) is 14.6. The molecule has 2 aromatic rings. The van der Waals surface area contributed by atoms with Gasteiger partial charge in [-0.15, -0.1) is 0 Å². The first-order chi connectivity index (χ1) is 17.5. The van der Waals surface area contributed by atoms with Gasteiger partial charge < -0.3 is 24.8 Å². The maximum Gasteiger partial charge on any atom is 0.305 e. The number of hydrogen-bond acceptors (Lipinski definition) is 9. The molecule has 1 aliphatic heterocycles. The van der Waals surface area contributed by atoms with Crippen molar-refractivity contribution in [2.75, 3.05) is 6.61 Å². The molecule has 202 valence electrons. The third-order valence-corrected chi connectivity index (χ3v) is 6.84. The van der Waals surface area contributed by atoms with E-state index in [9.17, 15) is 20.1 Å². The molecule has 3 rings (SSSR count). The highest BCUT2D eigenvalue weighted by molar-refractivity contribution is 5.75. The van der Waals surface area contributed by atoms with E-state index in [2.05, 4.69) is 21.9 Å². The highest BCUT2D eigenvalue weighted by atomic mass is 16.6. The van der Waals surface area contributed by atoms with Gasteiger partial charge in [0.1, 0.15) is 31.2 Å². The summed E-state index contributed by atoms with van der Waals surface area (Å²) in [7, 11) is 0. The van der Waals surface area contributed by atoms with Gasteiger partial charge in [0, 0.05) is 6.42 Å². The van der Waals surface area contributed by atoms with Gasteiger partial charge in [0.05, 0.1) is 6.33 Å². The van der Waals surface area contributed by atoms with E-state index in [0.29, 0.717) is 6.42 Å². The Morgan fingerprint density at radius 2 is 1.53 bits per heavy atom. The van der Waals surface area contributed by atoms with Crippen molar-refractivity contribution in [2.45, 2.75) is 121 Å². The number of esters is 1. The lowest BCUT2D eigenvalue weighted by Gasteiger charge is -2.16. The van der Waals surface area contributed by atoms with Crippen LogP contribution in [0.2, 0.25) is 0 Å². The first-order valence-electron chi connectivity index (χ1n) is 13.6. The zero-order valence-electron chi connectivity index (χ0n) is 21.4. The van der Waals surface area contributed by atoms with Crippen molar-refractivity contribution in [1.82, 2.24) is 19.5 Å². The van der Waals surface area contributed by atoms with Crippen LogP contribution in [0.25, 0.3) is 11.2 Å². The molecular formula is C26H42N4O6. The lowest BCUT2D eigenvalue weighted by molar-refractivity contribution is -0.150. The van der Waals surface area contributed by atoms with Crippen molar-refractivity contribution in [3.05, 3.63) is 12.7 Å².